The van der Waals surface area contributed by atoms with Gasteiger partial charge in [0, 0.05) is 16.6 Å². The highest BCUT2D eigenvalue weighted by Gasteiger charge is 2.36. The zero-order valence-corrected chi connectivity index (χ0v) is 12.4. The summed E-state index contributed by atoms with van der Waals surface area (Å²) in [4.78, 5) is 0. The Labute approximate surface area is 122 Å². The number of aliphatic hydroxyl groups is 1. The first-order chi connectivity index (χ1) is 8.93. The van der Waals surface area contributed by atoms with Crippen molar-refractivity contribution in [2.24, 2.45) is 0 Å². The highest BCUT2D eigenvalue weighted by atomic mass is 35.5. The van der Waals surface area contributed by atoms with Crippen LogP contribution in [0.4, 0.5) is 4.39 Å². The monoisotopic (exact) mass is 305 g/mol. The van der Waals surface area contributed by atoms with E-state index in [0.29, 0.717) is 10.6 Å². The van der Waals surface area contributed by atoms with Crippen molar-refractivity contribution in [2.75, 3.05) is 6.54 Å². The largest absolute Gasteiger partial charge is 0.384 e. The summed E-state index contributed by atoms with van der Waals surface area (Å²) in [5.74, 6) is -0.560. The summed E-state index contributed by atoms with van der Waals surface area (Å²) in [7, 11) is 0. The third-order valence-electron chi connectivity index (χ3n) is 3.79. The number of nitrogens with one attached hydrogen (secondary N) is 1. The highest BCUT2D eigenvalue weighted by Crippen LogP contribution is 2.36. The maximum atomic E-state index is 13.6. The summed E-state index contributed by atoms with van der Waals surface area (Å²) in [5, 5.41) is 14.4. The summed E-state index contributed by atoms with van der Waals surface area (Å²) in [5.41, 5.74) is -0.831. The number of hydrogen-bond acceptors (Lipinski definition) is 2. The second kappa shape index (κ2) is 5.96. The molecule has 1 aliphatic rings. The first-order valence-electron chi connectivity index (χ1n) is 6.53. The van der Waals surface area contributed by atoms with Gasteiger partial charge >= 0.3 is 0 Å². The van der Waals surface area contributed by atoms with Gasteiger partial charge in [0.2, 0.25) is 0 Å². The van der Waals surface area contributed by atoms with Crippen LogP contribution in [0.2, 0.25) is 10.0 Å². The standard InChI is InChI=1S/C14H18Cl2FNO/c1-14(19,13-5-3-2-4-6-18-13)9-7-12(17)11(16)8-10(9)15/h7-8,13,18-19H,2-6H2,1H3. The zero-order valence-electron chi connectivity index (χ0n) is 10.8. The van der Waals surface area contributed by atoms with Crippen LogP contribution in [0.25, 0.3) is 0 Å². The maximum Gasteiger partial charge on any atom is 0.142 e. The lowest BCUT2D eigenvalue weighted by Crippen LogP contribution is -2.46. The van der Waals surface area contributed by atoms with E-state index in [1.54, 1.807) is 6.92 Å². The third-order valence-corrected chi connectivity index (χ3v) is 4.40. The average Bonchev–Trinajstić information content (AvgIpc) is 2.62. The van der Waals surface area contributed by atoms with Crippen molar-refractivity contribution in [3.8, 4) is 0 Å². The molecular formula is C14H18Cl2FNO. The van der Waals surface area contributed by atoms with Crippen molar-refractivity contribution >= 4 is 23.2 Å². The normalized spacial score (nSPS) is 23.7. The second-order valence-electron chi connectivity index (χ2n) is 5.25. The van der Waals surface area contributed by atoms with Crippen LogP contribution in [0, 0.1) is 5.82 Å². The van der Waals surface area contributed by atoms with E-state index in [1.165, 1.54) is 12.1 Å². The molecule has 106 valence electrons. The van der Waals surface area contributed by atoms with Crippen molar-refractivity contribution < 1.29 is 9.50 Å². The molecule has 0 spiro atoms. The van der Waals surface area contributed by atoms with Crippen LogP contribution in [0.5, 0.6) is 0 Å². The Morgan fingerprint density at radius 1 is 1.26 bits per heavy atom. The molecule has 1 aromatic rings. The van der Waals surface area contributed by atoms with E-state index in [4.69, 9.17) is 23.2 Å². The number of benzene rings is 1. The second-order valence-corrected chi connectivity index (χ2v) is 6.06. The van der Waals surface area contributed by atoms with Gasteiger partial charge in [-0.2, -0.15) is 0 Å². The number of hydrogen-bond donors (Lipinski definition) is 2. The first-order valence-corrected chi connectivity index (χ1v) is 7.29. The van der Waals surface area contributed by atoms with E-state index < -0.39 is 11.4 Å². The highest BCUT2D eigenvalue weighted by molar-refractivity contribution is 6.35. The van der Waals surface area contributed by atoms with Crippen LogP contribution in [-0.2, 0) is 5.60 Å². The predicted molar refractivity (Wildman–Crippen MR) is 76.2 cm³/mol. The van der Waals surface area contributed by atoms with Gasteiger partial charge in [-0.3, -0.25) is 0 Å². The van der Waals surface area contributed by atoms with Gasteiger partial charge in [-0.25, -0.2) is 4.39 Å². The molecule has 2 unspecified atom stereocenters. The molecule has 1 aliphatic heterocycles. The fourth-order valence-electron chi connectivity index (χ4n) is 2.61. The Balaban J connectivity index is 2.34. The van der Waals surface area contributed by atoms with Crippen molar-refractivity contribution in [2.45, 2.75) is 44.2 Å². The molecule has 0 radical (unpaired) electrons. The summed E-state index contributed by atoms with van der Waals surface area (Å²) in [6, 6.07) is 2.45. The first kappa shape index (κ1) is 15.0. The van der Waals surface area contributed by atoms with Gasteiger partial charge in [-0.1, -0.05) is 36.0 Å². The van der Waals surface area contributed by atoms with Crippen molar-refractivity contribution in [3.05, 3.63) is 33.6 Å². The Morgan fingerprint density at radius 2 is 2.00 bits per heavy atom. The lowest BCUT2D eigenvalue weighted by Gasteiger charge is -2.34. The summed E-state index contributed by atoms with van der Waals surface area (Å²) < 4.78 is 13.6. The van der Waals surface area contributed by atoms with Gasteiger partial charge in [-0.15, -0.1) is 0 Å². The van der Waals surface area contributed by atoms with Gasteiger partial charge in [0.25, 0.3) is 0 Å². The number of halogens is 3. The molecule has 1 fully saturated rings. The van der Waals surface area contributed by atoms with Gasteiger partial charge in [-0.05, 0) is 38.4 Å². The molecule has 0 saturated carbocycles. The molecule has 1 aromatic carbocycles. The molecule has 2 nitrogen and oxygen atoms in total. The van der Waals surface area contributed by atoms with Gasteiger partial charge in [0.1, 0.15) is 11.4 Å². The van der Waals surface area contributed by atoms with Crippen LogP contribution < -0.4 is 5.32 Å². The molecule has 1 saturated heterocycles. The molecule has 2 N–H and O–H groups in total. The molecule has 0 bridgehead atoms. The Hall–Kier alpha value is -0.350. The third kappa shape index (κ3) is 3.22. The minimum Gasteiger partial charge on any atom is -0.384 e. The van der Waals surface area contributed by atoms with Crippen molar-refractivity contribution in [1.29, 1.82) is 0 Å². The van der Waals surface area contributed by atoms with E-state index in [9.17, 15) is 9.50 Å². The van der Waals surface area contributed by atoms with E-state index in [1.807, 2.05) is 0 Å². The minimum atomic E-state index is -1.22. The lowest BCUT2D eigenvalue weighted by atomic mass is 9.85. The molecule has 19 heavy (non-hydrogen) atoms. The molecule has 2 atom stereocenters. The molecule has 1 heterocycles. The Kier molecular flexibility index (Phi) is 4.72. The Morgan fingerprint density at radius 3 is 2.74 bits per heavy atom. The van der Waals surface area contributed by atoms with Crippen LogP contribution in [0.3, 0.4) is 0 Å². The summed E-state index contributed by atoms with van der Waals surface area (Å²) >= 11 is 11.8. The van der Waals surface area contributed by atoms with E-state index in [0.717, 1.165) is 32.2 Å². The van der Waals surface area contributed by atoms with Crippen molar-refractivity contribution in [3.63, 3.8) is 0 Å². The quantitative estimate of drug-likeness (QED) is 0.813. The molecule has 0 aromatic heterocycles. The summed E-state index contributed by atoms with van der Waals surface area (Å²) in [6.45, 7) is 2.53. The van der Waals surface area contributed by atoms with E-state index in [2.05, 4.69) is 5.32 Å². The average molecular weight is 306 g/mol. The fourth-order valence-corrected chi connectivity index (χ4v) is 3.18. The van der Waals surface area contributed by atoms with Crippen LogP contribution in [0.1, 0.15) is 38.2 Å². The minimum absolute atomic E-state index is 0.0293. The van der Waals surface area contributed by atoms with Crippen molar-refractivity contribution in [1.82, 2.24) is 5.32 Å². The Bertz CT molecular complexity index is 457. The topological polar surface area (TPSA) is 32.3 Å². The zero-order chi connectivity index (χ0) is 14.0. The summed E-state index contributed by atoms with van der Waals surface area (Å²) in [6.07, 6.45) is 4.12. The van der Waals surface area contributed by atoms with Gasteiger partial charge in [0.05, 0.1) is 5.02 Å². The maximum absolute atomic E-state index is 13.6. The molecule has 0 amide bonds. The van der Waals surface area contributed by atoms with E-state index >= 15 is 0 Å². The smallest absolute Gasteiger partial charge is 0.142 e. The fraction of sp³-hybridized carbons (Fsp3) is 0.571. The van der Waals surface area contributed by atoms with Gasteiger partial charge in [0.15, 0.2) is 0 Å². The van der Waals surface area contributed by atoms with Crippen LogP contribution in [0.15, 0.2) is 12.1 Å². The van der Waals surface area contributed by atoms with E-state index in [-0.39, 0.29) is 11.1 Å². The lowest BCUT2D eigenvalue weighted by molar-refractivity contribution is 0.0134. The molecule has 5 heteroatoms. The van der Waals surface area contributed by atoms with Gasteiger partial charge < -0.3 is 10.4 Å². The van der Waals surface area contributed by atoms with Crippen LogP contribution in [-0.4, -0.2) is 17.7 Å². The molecule has 0 aliphatic carbocycles. The SMILES string of the molecule is CC(O)(c1cc(F)c(Cl)cc1Cl)C1CCCCCN1. The molecular weight excluding hydrogens is 288 g/mol. The number of rotatable bonds is 2. The predicted octanol–water partition coefficient (Wildman–Crippen LogP) is 3.87. The molecule has 2 rings (SSSR count). The van der Waals surface area contributed by atoms with Crippen LogP contribution >= 0.6 is 23.2 Å².